The van der Waals surface area contributed by atoms with Gasteiger partial charge in [-0.15, -0.1) is 0 Å². The van der Waals surface area contributed by atoms with E-state index in [1.807, 2.05) is 25.2 Å². The number of aryl methyl sites for hydroxylation is 1. The van der Waals surface area contributed by atoms with Gasteiger partial charge in [-0.1, -0.05) is 12.1 Å². The van der Waals surface area contributed by atoms with Crippen LogP contribution >= 0.6 is 0 Å². The molecule has 0 saturated carbocycles. The highest BCUT2D eigenvalue weighted by Gasteiger charge is 2.20. The van der Waals surface area contributed by atoms with Crippen LogP contribution in [0, 0.1) is 0 Å². The number of benzene rings is 1. The number of aromatic nitrogens is 3. The van der Waals surface area contributed by atoms with Crippen LogP contribution in [0.3, 0.4) is 0 Å². The third-order valence-corrected chi connectivity index (χ3v) is 5.07. The first-order valence-electron chi connectivity index (χ1n) is 9.27. The molecule has 3 heterocycles. The van der Waals surface area contributed by atoms with Crippen LogP contribution in [0.4, 0.5) is 0 Å². The summed E-state index contributed by atoms with van der Waals surface area (Å²) >= 11 is 0. The van der Waals surface area contributed by atoms with E-state index in [1.54, 1.807) is 0 Å². The molecule has 2 aromatic heterocycles. The molecule has 6 heteroatoms. The molecule has 138 valence electrons. The number of aromatic amines is 1. The summed E-state index contributed by atoms with van der Waals surface area (Å²) in [5.41, 5.74) is 4.51. The third-order valence-electron chi connectivity index (χ3n) is 5.07. The molecular weight excluding hydrogens is 326 g/mol. The Kier molecular flexibility index (Phi) is 4.80. The summed E-state index contributed by atoms with van der Waals surface area (Å²) in [6.45, 7) is 4.35. The Labute approximate surface area is 154 Å². The van der Waals surface area contributed by atoms with Crippen molar-refractivity contribution in [1.82, 2.24) is 24.6 Å². The van der Waals surface area contributed by atoms with E-state index in [0.29, 0.717) is 6.54 Å². The van der Waals surface area contributed by atoms with Crippen LogP contribution in [-0.4, -0.2) is 56.9 Å². The first-order valence-corrected chi connectivity index (χ1v) is 9.27. The van der Waals surface area contributed by atoms with Crippen LogP contribution in [0.5, 0.6) is 0 Å². The summed E-state index contributed by atoms with van der Waals surface area (Å²) in [4.78, 5) is 7.75. The molecule has 1 aliphatic heterocycles. The summed E-state index contributed by atoms with van der Waals surface area (Å²) < 4.78 is 2.07. The largest absolute Gasteiger partial charge is 0.385 e. The average molecular weight is 353 g/mol. The Morgan fingerprint density at radius 1 is 1.27 bits per heavy atom. The molecule has 6 nitrogen and oxygen atoms in total. The lowest BCUT2D eigenvalue weighted by atomic mass is 10.1. The number of nitrogens with zero attached hydrogens (tertiary/aromatic N) is 4. The van der Waals surface area contributed by atoms with Crippen LogP contribution in [-0.2, 0) is 19.6 Å². The van der Waals surface area contributed by atoms with E-state index in [9.17, 15) is 5.11 Å². The molecule has 26 heavy (non-hydrogen) atoms. The van der Waals surface area contributed by atoms with Gasteiger partial charge in [-0.3, -0.25) is 9.58 Å². The van der Waals surface area contributed by atoms with Gasteiger partial charge in [-0.05, 0) is 44.3 Å². The summed E-state index contributed by atoms with van der Waals surface area (Å²) in [7, 11) is 3.93. The normalized spacial score (nSPS) is 16.8. The van der Waals surface area contributed by atoms with Crippen LogP contribution < -0.4 is 0 Å². The number of aliphatic hydroxyl groups is 1. The van der Waals surface area contributed by atoms with Crippen molar-refractivity contribution in [3.63, 3.8) is 0 Å². The lowest BCUT2D eigenvalue weighted by Gasteiger charge is -2.20. The molecule has 1 aromatic carbocycles. The van der Waals surface area contributed by atoms with Crippen molar-refractivity contribution in [2.45, 2.75) is 32.2 Å². The van der Waals surface area contributed by atoms with Gasteiger partial charge >= 0.3 is 0 Å². The van der Waals surface area contributed by atoms with E-state index < -0.39 is 6.10 Å². The zero-order valence-corrected chi connectivity index (χ0v) is 15.5. The fourth-order valence-electron chi connectivity index (χ4n) is 3.82. The van der Waals surface area contributed by atoms with E-state index in [-0.39, 0.29) is 0 Å². The predicted octanol–water partition coefficient (Wildman–Crippen LogP) is 2.37. The molecule has 0 aliphatic carbocycles. The molecule has 4 rings (SSSR count). The van der Waals surface area contributed by atoms with Crippen molar-refractivity contribution >= 4 is 10.9 Å². The molecular formula is C20H27N5O. The summed E-state index contributed by atoms with van der Waals surface area (Å²) in [5, 5.41) is 16.3. The molecule has 3 aromatic rings. The molecule has 0 radical (unpaired) electrons. The maximum Gasteiger partial charge on any atom is 0.110 e. The Hall–Kier alpha value is -2.15. The summed E-state index contributed by atoms with van der Waals surface area (Å²) in [6.07, 6.45) is 2.54. The molecule has 0 saturated heterocycles. The van der Waals surface area contributed by atoms with E-state index in [2.05, 4.69) is 50.0 Å². The molecule has 0 amide bonds. The minimum absolute atomic E-state index is 0.536. The standard InChI is InChI=1S/C20H27N5O/c1-23(2)14-20(26)19-11-16-13-24(9-4-10-25(16)22-19)12-15-5-3-6-18-17(15)7-8-21-18/h3,5-8,11,20-21,26H,4,9-10,12-14H2,1-2H3. The zero-order chi connectivity index (χ0) is 18.1. The molecule has 1 aliphatic rings. The van der Waals surface area contributed by atoms with Gasteiger partial charge in [-0.2, -0.15) is 5.10 Å². The minimum atomic E-state index is -0.536. The lowest BCUT2D eigenvalue weighted by Crippen LogP contribution is -2.23. The quantitative estimate of drug-likeness (QED) is 0.739. The maximum atomic E-state index is 10.4. The van der Waals surface area contributed by atoms with Crippen LogP contribution in [0.25, 0.3) is 10.9 Å². The SMILES string of the molecule is CN(C)CC(O)c1cc2n(n1)CCCN(Cc1cccc3[nH]ccc13)C2. The number of hydrogen-bond donors (Lipinski definition) is 2. The van der Waals surface area contributed by atoms with Gasteiger partial charge in [0, 0.05) is 49.8 Å². The molecule has 2 N–H and O–H groups in total. The van der Waals surface area contributed by atoms with E-state index in [1.165, 1.54) is 22.2 Å². The van der Waals surface area contributed by atoms with Crippen molar-refractivity contribution in [2.75, 3.05) is 27.2 Å². The second-order valence-electron chi connectivity index (χ2n) is 7.48. The average Bonchev–Trinajstić information content (AvgIpc) is 3.18. The second kappa shape index (κ2) is 7.23. The van der Waals surface area contributed by atoms with Crippen molar-refractivity contribution in [3.8, 4) is 0 Å². The monoisotopic (exact) mass is 353 g/mol. The first-order chi connectivity index (χ1) is 12.6. The van der Waals surface area contributed by atoms with Gasteiger partial charge < -0.3 is 15.0 Å². The number of aliphatic hydroxyl groups excluding tert-OH is 1. The fourth-order valence-corrected chi connectivity index (χ4v) is 3.82. The van der Waals surface area contributed by atoms with Gasteiger partial charge in [0.15, 0.2) is 0 Å². The number of nitrogens with one attached hydrogen (secondary N) is 1. The summed E-state index contributed by atoms with van der Waals surface area (Å²) in [6, 6.07) is 10.7. The van der Waals surface area contributed by atoms with Gasteiger partial charge in [0.2, 0.25) is 0 Å². The Morgan fingerprint density at radius 2 is 2.15 bits per heavy atom. The number of fused-ring (bicyclic) bond motifs is 2. The number of H-pyrrole nitrogens is 1. The first kappa shape index (κ1) is 17.3. The Balaban J connectivity index is 1.52. The van der Waals surface area contributed by atoms with Crippen molar-refractivity contribution in [1.29, 1.82) is 0 Å². The molecule has 1 unspecified atom stereocenters. The van der Waals surface area contributed by atoms with Crippen LogP contribution in [0.1, 0.15) is 29.5 Å². The van der Waals surface area contributed by atoms with Gasteiger partial charge in [-0.25, -0.2) is 0 Å². The van der Waals surface area contributed by atoms with E-state index >= 15 is 0 Å². The third kappa shape index (κ3) is 3.53. The molecule has 0 fully saturated rings. The fraction of sp³-hybridized carbons (Fsp3) is 0.450. The van der Waals surface area contributed by atoms with Crippen LogP contribution in [0.2, 0.25) is 0 Å². The lowest BCUT2D eigenvalue weighted by molar-refractivity contribution is 0.133. The highest BCUT2D eigenvalue weighted by atomic mass is 16.3. The Morgan fingerprint density at radius 3 is 3.00 bits per heavy atom. The zero-order valence-electron chi connectivity index (χ0n) is 15.5. The van der Waals surface area contributed by atoms with Crippen molar-refractivity contribution in [2.24, 2.45) is 0 Å². The van der Waals surface area contributed by atoms with E-state index in [0.717, 1.165) is 38.3 Å². The highest BCUT2D eigenvalue weighted by Crippen LogP contribution is 2.23. The number of likely N-dealkylation sites (N-methyl/N-ethyl adjacent to an activating group) is 1. The maximum absolute atomic E-state index is 10.4. The highest BCUT2D eigenvalue weighted by molar-refractivity contribution is 5.82. The van der Waals surface area contributed by atoms with Gasteiger partial charge in [0.1, 0.15) is 6.10 Å². The smallest absolute Gasteiger partial charge is 0.110 e. The minimum Gasteiger partial charge on any atom is -0.385 e. The predicted molar refractivity (Wildman–Crippen MR) is 103 cm³/mol. The number of rotatable bonds is 5. The van der Waals surface area contributed by atoms with Crippen molar-refractivity contribution < 1.29 is 5.11 Å². The summed E-state index contributed by atoms with van der Waals surface area (Å²) in [5.74, 6) is 0. The topological polar surface area (TPSA) is 60.3 Å². The second-order valence-corrected chi connectivity index (χ2v) is 7.48. The molecule has 0 bridgehead atoms. The van der Waals surface area contributed by atoms with Gasteiger partial charge in [0.05, 0.1) is 11.4 Å². The number of hydrogen-bond acceptors (Lipinski definition) is 4. The van der Waals surface area contributed by atoms with Crippen molar-refractivity contribution in [3.05, 3.63) is 53.5 Å². The Bertz CT molecular complexity index is 881. The van der Waals surface area contributed by atoms with Gasteiger partial charge in [0.25, 0.3) is 0 Å². The van der Waals surface area contributed by atoms with Crippen LogP contribution in [0.15, 0.2) is 36.5 Å². The van der Waals surface area contributed by atoms with E-state index in [4.69, 9.17) is 0 Å². The molecule has 1 atom stereocenters. The molecule has 0 spiro atoms.